The first-order chi connectivity index (χ1) is 11.5. The zero-order valence-corrected chi connectivity index (χ0v) is 14.0. The van der Waals surface area contributed by atoms with Crippen molar-refractivity contribution in [3.63, 3.8) is 0 Å². The molecular formula is C17H23N3O4. The molecule has 0 radical (unpaired) electrons. The van der Waals surface area contributed by atoms with Gasteiger partial charge in [0.15, 0.2) is 0 Å². The number of benzene rings is 1. The van der Waals surface area contributed by atoms with Crippen LogP contribution in [0.3, 0.4) is 0 Å². The van der Waals surface area contributed by atoms with Gasteiger partial charge in [-0.1, -0.05) is 0 Å². The first-order valence-corrected chi connectivity index (χ1v) is 8.11. The molecule has 1 aromatic rings. The predicted molar refractivity (Wildman–Crippen MR) is 90.0 cm³/mol. The summed E-state index contributed by atoms with van der Waals surface area (Å²) in [5, 5.41) is 5.56. The Morgan fingerprint density at radius 2 is 1.88 bits per heavy atom. The van der Waals surface area contributed by atoms with E-state index in [9.17, 15) is 14.4 Å². The van der Waals surface area contributed by atoms with Gasteiger partial charge in [-0.05, 0) is 44.0 Å². The second-order valence-corrected chi connectivity index (χ2v) is 5.61. The van der Waals surface area contributed by atoms with E-state index < -0.39 is 5.97 Å². The van der Waals surface area contributed by atoms with Gasteiger partial charge in [-0.15, -0.1) is 0 Å². The summed E-state index contributed by atoms with van der Waals surface area (Å²) >= 11 is 0. The number of ether oxygens (including phenoxy) is 1. The normalized spacial score (nSPS) is 13.1. The molecule has 3 amide bonds. The average molecular weight is 333 g/mol. The Labute approximate surface area is 141 Å². The van der Waals surface area contributed by atoms with Crippen molar-refractivity contribution in [2.45, 2.75) is 32.7 Å². The molecule has 24 heavy (non-hydrogen) atoms. The van der Waals surface area contributed by atoms with Crippen molar-refractivity contribution < 1.29 is 19.1 Å². The maximum absolute atomic E-state index is 11.8. The smallest absolute Gasteiger partial charge is 0.338 e. The molecule has 0 spiro atoms. The molecular weight excluding hydrogens is 310 g/mol. The Morgan fingerprint density at radius 1 is 1.21 bits per heavy atom. The van der Waals surface area contributed by atoms with Gasteiger partial charge >= 0.3 is 12.0 Å². The van der Waals surface area contributed by atoms with E-state index in [1.54, 1.807) is 36.1 Å². The molecule has 1 saturated carbocycles. The number of nitrogens with one attached hydrogen (secondary N) is 2. The molecule has 0 heterocycles. The predicted octanol–water partition coefficient (Wildman–Crippen LogP) is 1.68. The van der Waals surface area contributed by atoms with Crippen molar-refractivity contribution in [1.82, 2.24) is 10.6 Å². The van der Waals surface area contributed by atoms with E-state index in [1.807, 2.05) is 0 Å². The lowest BCUT2D eigenvalue weighted by molar-refractivity contribution is -0.116. The van der Waals surface area contributed by atoms with Crippen molar-refractivity contribution in [3.05, 3.63) is 29.8 Å². The monoisotopic (exact) mass is 333 g/mol. The summed E-state index contributed by atoms with van der Waals surface area (Å²) in [5.74, 6) is -0.528. The Bertz CT molecular complexity index is 596. The van der Waals surface area contributed by atoms with E-state index in [2.05, 4.69) is 10.6 Å². The van der Waals surface area contributed by atoms with Gasteiger partial charge in [0.05, 0.1) is 12.2 Å². The first kappa shape index (κ1) is 17.8. The van der Waals surface area contributed by atoms with Gasteiger partial charge in [0, 0.05) is 31.7 Å². The third kappa shape index (κ3) is 5.26. The minimum absolute atomic E-state index is 0.136. The van der Waals surface area contributed by atoms with Crippen LogP contribution in [0.2, 0.25) is 0 Å². The van der Waals surface area contributed by atoms with Crippen molar-refractivity contribution in [2.24, 2.45) is 0 Å². The Kier molecular flexibility index (Phi) is 6.17. The molecule has 0 bridgehead atoms. The number of amides is 3. The van der Waals surface area contributed by atoms with Crippen LogP contribution in [-0.2, 0) is 9.53 Å². The Morgan fingerprint density at radius 3 is 2.42 bits per heavy atom. The highest BCUT2D eigenvalue weighted by Gasteiger charge is 2.23. The van der Waals surface area contributed by atoms with Crippen LogP contribution in [0.4, 0.5) is 10.5 Å². The van der Waals surface area contributed by atoms with Crippen LogP contribution in [0.1, 0.15) is 37.0 Å². The summed E-state index contributed by atoms with van der Waals surface area (Å²) in [6, 6.07) is 6.71. The lowest BCUT2D eigenvalue weighted by atomic mass is 10.2. The Hall–Kier alpha value is -2.57. The molecule has 0 aromatic heterocycles. The summed E-state index contributed by atoms with van der Waals surface area (Å²) in [7, 11) is 0. The second kappa shape index (κ2) is 8.33. The number of nitrogens with zero attached hydrogens (tertiary/aromatic N) is 1. The maximum Gasteiger partial charge on any atom is 0.338 e. The molecule has 7 heteroatoms. The number of carbonyl (C=O) groups excluding carboxylic acids is 3. The summed E-state index contributed by atoms with van der Waals surface area (Å²) in [4.78, 5) is 36.6. The van der Waals surface area contributed by atoms with Crippen LogP contribution in [0.5, 0.6) is 0 Å². The van der Waals surface area contributed by atoms with Crippen LogP contribution in [-0.4, -0.2) is 43.6 Å². The zero-order chi connectivity index (χ0) is 17.5. The molecule has 1 fully saturated rings. The van der Waals surface area contributed by atoms with Gasteiger partial charge in [0.1, 0.15) is 0 Å². The molecule has 2 rings (SSSR count). The summed E-state index contributed by atoms with van der Waals surface area (Å²) in [6.45, 7) is 4.22. The molecule has 0 unspecified atom stereocenters. The van der Waals surface area contributed by atoms with Crippen molar-refractivity contribution in [2.75, 3.05) is 24.6 Å². The number of hydrogen-bond acceptors (Lipinski definition) is 4. The van der Waals surface area contributed by atoms with Crippen molar-refractivity contribution in [1.29, 1.82) is 0 Å². The molecule has 1 aliphatic rings. The molecule has 130 valence electrons. The van der Waals surface area contributed by atoms with E-state index in [0.29, 0.717) is 37.0 Å². The fraction of sp³-hybridized carbons (Fsp3) is 0.471. The van der Waals surface area contributed by atoms with Gasteiger partial charge in [0.2, 0.25) is 5.91 Å². The average Bonchev–Trinajstić information content (AvgIpc) is 3.35. The number of urea groups is 1. The van der Waals surface area contributed by atoms with Gasteiger partial charge in [-0.3, -0.25) is 4.79 Å². The maximum atomic E-state index is 11.8. The van der Waals surface area contributed by atoms with Gasteiger partial charge in [-0.2, -0.15) is 0 Å². The summed E-state index contributed by atoms with van der Waals surface area (Å²) in [5.41, 5.74) is 1.10. The van der Waals surface area contributed by atoms with Crippen LogP contribution in [0.15, 0.2) is 24.3 Å². The minimum Gasteiger partial charge on any atom is -0.462 e. The summed E-state index contributed by atoms with van der Waals surface area (Å²) in [6.07, 6.45) is 2.06. The molecule has 1 aromatic carbocycles. The molecule has 0 atom stereocenters. The molecule has 2 N–H and O–H groups in total. The molecule has 0 saturated heterocycles. The second-order valence-electron chi connectivity index (χ2n) is 5.61. The number of carbonyl (C=O) groups is 3. The van der Waals surface area contributed by atoms with Gasteiger partial charge in [0.25, 0.3) is 0 Å². The minimum atomic E-state index is -0.392. The highest BCUT2D eigenvalue weighted by molar-refractivity contribution is 5.93. The van der Waals surface area contributed by atoms with Crippen molar-refractivity contribution >= 4 is 23.6 Å². The largest absolute Gasteiger partial charge is 0.462 e. The third-order valence-corrected chi connectivity index (χ3v) is 3.60. The highest BCUT2D eigenvalue weighted by atomic mass is 16.5. The SMILES string of the molecule is CCOC(=O)c1ccc(N(CCNC(=O)NC2CC2)C(C)=O)cc1. The lowest BCUT2D eigenvalue weighted by Crippen LogP contribution is -2.42. The quantitative estimate of drug-likeness (QED) is 0.743. The molecule has 0 aliphatic heterocycles. The fourth-order valence-corrected chi connectivity index (χ4v) is 2.21. The summed E-state index contributed by atoms with van der Waals surface area (Å²) < 4.78 is 4.93. The van der Waals surface area contributed by atoms with E-state index in [-0.39, 0.29) is 11.9 Å². The number of rotatable bonds is 7. The van der Waals surface area contributed by atoms with Crippen LogP contribution >= 0.6 is 0 Å². The van der Waals surface area contributed by atoms with Crippen molar-refractivity contribution in [3.8, 4) is 0 Å². The Balaban J connectivity index is 1.90. The topological polar surface area (TPSA) is 87.7 Å². The number of esters is 1. The van der Waals surface area contributed by atoms with E-state index in [0.717, 1.165) is 12.8 Å². The lowest BCUT2D eigenvalue weighted by Gasteiger charge is -2.21. The van der Waals surface area contributed by atoms with E-state index in [4.69, 9.17) is 4.74 Å². The zero-order valence-electron chi connectivity index (χ0n) is 14.0. The molecule has 7 nitrogen and oxygen atoms in total. The van der Waals surface area contributed by atoms with E-state index >= 15 is 0 Å². The fourth-order valence-electron chi connectivity index (χ4n) is 2.21. The third-order valence-electron chi connectivity index (χ3n) is 3.60. The number of anilines is 1. The highest BCUT2D eigenvalue weighted by Crippen LogP contribution is 2.18. The standard InChI is InChI=1S/C17H23N3O4/c1-3-24-16(22)13-4-8-15(9-5-13)20(12(2)21)11-10-18-17(23)19-14-6-7-14/h4-5,8-9,14H,3,6-7,10-11H2,1-2H3,(H2,18,19,23). The van der Waals surface area contributed by atoms with Gasteiger partial charge in [-0.25, -0.2) is 9.59 Å². The van der Waals surface area contributed by atoms with Crippen LogP contribution in [0.25, 0.3) is 0 Å². The molecule has 1 aliphatic carbocycles. The van der Waals surface area contributed by atoms with Crippen LogP contribution in [0, 0.1) is 0 Å². The van der Waals surface area contributed by atoms with Crippen LogP contribution < -0.4 is 15.5 Å². The first-order valence-electron chi connectivity index (χ1n) is 8.11. The van der Waals surface area contributed by atoms with E-state index in [1.165, 1.54) is 6.92 Å². The van der Waals surface area contributed by atoms with Gasteiger partial charge < -0.3 is 20.3 Å². The number of hydrogen-bond donors (Lipinski definition) is 2.